The molecule has 148 valence electrons. The topological polar surface area (TPSA) is 59.8 Å². The van der Waals surface area contributed by atoms with Gasteiger partial charge in [-0.15, -0.1) is 11.3 Å². The lowest BCUT2D eigenvalue weighted by Gasteiger charge is -2.14. The first-order chi connectivity index (χ1) is 14.1. The molecule has 0 radical (unpaired) electrons. The molecular formula is C23H24N4OS. The fraction of sp³-hybridized carbons (Fsp3) is 0.261. The summed E-state index contributed by atoms with van der Waals surface area (Å²) in [5, 5.41) is 8.69. The average molecular weight is 405 g/mol. The van der Waals surface area contributed by atoms with Crippen molar-refractivity contribution in [1.82, 2.24) is 20.1 Å². The van der Waals surface area contributed by atoms with Crippen molar-refractivity contribution in [3.8, 4) is 5.69 Å². The standard InChI is InChI=1S/C23H24N4OS/c1-16(19-15-24-27(17(19)2)18-9-4-3-5-10-18)25-22(28)13-8-14-23-26-20-11-6-7-12-21(20)29-23/h3-7,9-12,15-16H,8,13-14H2,1-2H3,(H,25,28). The van der Waals surface area contributed by atoms with Crippen LogP contribution in [0.25, 0.3) is 15.9 Å². The predicted molar refractivity (Wildman–Crippen MR) is 117 cm³/mol. The van der Waals surface area contributed by atoms with Gasteiger partial charge in [0.15, 0.2) is 0 Å². The number of rotatable bonds is 7. The third kappa shape index (κ3) is 4.38. The summed E-state index contributed by atoms with van der Waals surface area (Å²) in [5.74, 6) is 0.0606. The number of aromatic nitrogens is 3. The van der Waals surface area contributed by atoms with Crippen LogP contribution in [0.15, 0.2) is 60.8 Å². The number of carbonyl (C=O) groups excluding carboxylic acids is 1. The molecule has 0 saturated carbocycles. The second-order valence-electron chi connectivity index (χ2n) is 7.15. The second-order valence-corrected chi connectivity index (χ2v) is 8.27. The molecular weight excluding hydrogens is 380 g/mol. The van der Waals surface area contributed by atoms with E-state index in [1.54, 1.807) is 11.3 Å². The van der Waals surface area contributed by atoms with Crippen LogP contribution in [0.3, 0.4) is 0 Å². The number of amides is 1. The molecule has 0 fully saturated rings. The van der Waals surface area contributed by atoms with Crippen molar-refractivity contribution in [3.63, 3.8) is 0 Å². The molecule has 1 unspecified atom stereocenters. The van der Waals surface area contributed by atoms with Crippen molar-refractivity contribution < 1.29 is 4.79 Å². The van der Waals surface area contributed by atoms with E-state index in [1.165, 1.54) is 4.70 Å². The third-order valence-electron chi connectivity index (χ3n) is 5.03. The molecule has 0 aliphatic heterocycles. The van der Waals surface area contributed by atoms with Crippen LogP contribution in [0.1, 0.15) is 42.1 Å². The monoisotopic (exact) mass is 404 g/mol. The van der Waals surface area contributed by atoms with Crippen LogP contribution in [0.2, 0.25) is 0 Å². The lowest BCUT2D eigenvalue weighted by atomic mass is 10.1. The summed E-state index contributed by atoms with van der Waals surface area (Å²) in [4.78, 5) is 17.1. The SMILES string of the molecule is Cc1c(C(C)NC(=O)CCCc2nc3ccccc3s2)cnn1-c1ccccc1. The Hall–Kier alpha value is -2.99. The highest BCUT2D eigenvalue weighted by Gasteiger charge is 2.16. The average Bonchev–Trinajstić information content (AvgIpc) is 3.31. The number of fused-ring (bicyclic) bond motifs is 1. The van der Waals surface area contributed by atoms with Gasteiger partial charge in [0.2, 0.25) is 5.91 Å². The van der Waals surface area contributed by atoms with Crippen LogP contribution in [0.4, 0.5) is 0 Å². The molecule has 29 heavy (non-hydrogen) atoms. The highest BCUT2D eigenvalue weighted by molar-refractivity contribution is 7.18. The number of hydrogen-bond acceptors (Lipinski definition) is 4. The maximum atomic E-state index is 12.4. The molecule has 0 saturated heterocycles. The largest absolute Gasteiger partial charge is 0.349 e. The molecule has 6 heteroatoms. The van der Waals surface area contributed by atoms with E-state index in [-0.39, 0.29) is 11.9 Å². The van der Waals surface area contributed by atoms with Crippen molar-refractivity contribution >= 4 is 27.5 Å². The Morgan fingerprint density at radius 2 is 1.90 bits per heavy atom. The summed E-state index contributed by atoms with van der Waals surface area (Å²) in [6.07, 6.45) is 3.95. The van der Waals surface area contributed by atoms with Crippen LogP contribution >= 0.6 is 11.3 Å². The molecule has 5 nitrogen and oxygen atoms in total. The molecule has 2 aromatic carbocycles. The number of para-hydroxylation sites is 2. The summed E-state index contributed by atoms with van der Waals surface area (Å²) >= 11 is 1.71. The summed E-state index contributed by atoms with van der Waals surface area (Å²) in [6, 6.07) is 18.1. The zero-order valence-electron chi connectivity index (χ0n) is 16.6. The fourth-order valence-corrected chi connectivity index (χ4v) is 4.50. The van der Waals surface area contributed by atoms with E-state index in [0.29, 0.717) is 6.42 Å². The molecule has 4 aromatic rings. The lowest BCUT2D eigenvalue weighted by Crippen LogP contribution is -2.26. The van der Waals surface area contributed by atoms with Crippen molar-refractivity contribution in [1.29, 1.82) is 0 Å². The van der Waals surface area contributed by atoms with Gasteiger partial charge in [0, 0.05) is 17.7 Å². The summed E-state index contributed by atoms with van der Waals surface area (Å²) in [5.41, 5.74) is 4.13. The summed E-state index contributed by atoms with van der Waals surface area (Å²) in [7, 11) is 0. The van der Waals surface area contributed by atoms with Crippen molar-refractivity contribution in [2.45, 2.75) is 39.2 Å². The first kappa shape index (κ1) is 19.3. The van der Waals surface area contributed by atoms with Crippen LogP contribution in [-0.2, 0) is 11.2 Å². The summed E-state index contributed by atoms with van der Waals surface area (Å²) in [6.45, 7) is 4.04. The van der Waals surface area contributed by atoms with Gasteiger partial charge in [-0.25, -0.2) is 9.67 Å². The number of carbonyl (C=O) groups is 1. The fourth-order valence-electron chi connectivity index (χ4n) is 3.50. The Morgan fingerprint density at radius 1 is 1.14 bits per heavy atom. The molecule has 2 aromatic heterocycles. The highest BCUT2D eigenvalue weighted by atomic mass is 32.1. The van der Waals surface area contributed by atoms with Crippen LogP contribution in [-0.4, -0.2) is 20.7 Å². The molecule has 1 atom stereocenters. The predicted octanol–water partition coefficient (Wildman–Crippen LogP) is 4.99. The molecule has 0 aliphatic rings. The van der Waals surface area contributed by atoms with E-state index in [2.05, 4.69) is 21.5 Å². The van der Waals surface area contributed by atoms with E-state index in [9.17, 15) is 4.79 Å². The van der Waals surface area contributed by atoms with Crippen LogP contribution in [0.5, 0.6) is 0 Å². The summed E-state index contributed by atoms with van der Waals surface area (Å²) < 4.78 is 3.11. The van der Waals surface area contributed by atoms with Crippen molar-refractivity contribution in [2.24, 2.45) is 0 Å². The third-order valence-corrected chi connectivity index (χ3v) is 6.12. The molecule has 1 amide bonds. The Balaban J connectivity index is 1.32. The normalized spacial score (nSPS) is 12.2. The van der Waals surface area contributed by atoms with Gasteiger partial charge in [0.1, 0.15) is 0 Å². The van der Waals surface area contributed by atoms with Gasteiger partial charge in [-0.3, -0.25) is 4.79 Å². The Morgan fingerprint density at radius 3 is 2.69 bits per heavy atom. The second kappa shape index (κ2) is 8.57. The van der Waals surface area contributed by atoms with Gasteiger partial charge in [0.05, 0.1) is 33.2 Å². The maximum absolute atomic E-state index is 12.4. The van der Waals surface area contributed by atoms with Gasteiger partial charge in [-0.1, -0.05) is 30.3 Å². The van der Waals surface area contributed by atoms with Gasteiger partial charge >= 0.3 is 0 Å². The van der Waals surface area contributed by atoms with E-state index >= 15 is 0 Å². The van der Waals surface area contributed by atoms with Gasteiger partial charge in [-0.2, -0.15) is 5.10 Å². The van der Waals surface area contributed by atoms with Gasteiger partial charge in [-0.05, 0) is 51.0 Å². The highest BCUT2D eigenvalue weighted by Crippen LogP contribution is 2.23. The number of nitrogens with zero attached hydrogens (tertiary/aromatic N) is 3. The minimum Gasteiger partial charge on any atom is -0.349 e. The first-order valence-corrected chi connectivity index (χ1v) is 10.7. The quantitative estimate of drug-likeness (QED) is 0.472. The van der Waals surface area contributed by atoms with Crippen molar-refractivity contribution in [3.05, 3.63) is 77.1 Å². The number of hydrogen-bond donors (Lipinski definition) is 1. The van der Waals surface area contributed by atoms with E-state index in [4.69, 9.17) is 0 Å². The Labute approximate surface area is 174 Å². The minimum absolute atomic E-state index is 0.0606. The van der Waals surface area contributed by atoms with Crippen LogP contribution < -0.4 is 5.32 Å². The zero-order valence-corrected chi connectivity index (χ0v) is 17.4. The number of thiazole rings is 1. The van der Waals surface area contributed by atoms with E-state index < -0.39 is 0 Å². The lowest BCUT2D eigenvalue weighted by molar-refractivity contribution is -0.121. The first-order valence-electron chi connectivity index (χ1n) is 9.85. The Kier molecular flexibility index (Phi) is 5.71. The Bertz CT molecular complexity index is 1080. The van der Waals surface area contributed by atoms with Crippen LogP contribution in [0, 0.1) is 6.92 Å². The molecule has 2 heterocycles. The van der Waals surface area contributed by atoms with E-state index in [1.807, 2.05) is 73.3 Å². The molecule has 4 rings (SSSR count). The number of aryl methyl sites for hydroxylation is 1. The number of nitrogens with one attached hydrogen (secondary N) is 1. The van der Waals surface area contributed by atoms with E-state index in [0.717, 1.165) is 40.3 Å². The molecule has 1 N–H and O–H groups in total. The van der Waals surface area contributed by atoms with Crippen molar-refractivity contribution in [2.75, 3.05) is 0 Å². The molecule has 0 aliphatic carbocycles. The van der Waals surface area contributed by atoms with Gasteiger partial charge < -0.3 is 5.32 Å². The number of benzene rings is 2. The minimum atomic E-state index is -0.0811. The zero-order chi connectivity index (χ0) is 20.2. The molecule has 0 bridgehead atoms. The smallest absolute Gasteiger partial charge is 0.220 e. The van der Waals surface area contributed by atoms with Gasteiger partial charge in [0.25, 0.3) is 0 Å². The molecule has 0 spiro atoms. The maximum Gasteiger partial charge on any atom is 0.220 e.